The molecule has 0 saturated carbocycles. The highest BCUT2D eigenvalue weighted by Gasteiger charge is 2.34. The zero-order valence-electron chi connectivity index (χ0n) is 25.3. The minimum atomic E-state index is -4.21. The molecule has 0 saturated heterocycles. The third-order valence-electron chi connectivity index (χ3n) is 7.35. The van der Waals surface area contributed by atoms with E-state index in [0.717, 1.165) is 33.8 Å². The summed E-state index contributed by atoms with van der Waals surface area (Å²) < 4.78 is 29.2. The van der Waals surface area contributed by atoms with Gasteiger partial charge in [0, 0.05) is 29.6 Å². The number of sulfonamides is 1. The van der Waals surface area contributed by atoms with Gasteiger partial charge in [0.25, 0.3) is 10.0 Å². The third kappa shape index (κ3) is 9.33. The number of hydrogen-bond donors (Lipinski definition) is 1. The van der Waals surface area contributed by atoms with Crippen LogP contribution in [0.5, 0.6) is 0 Å². The van der Waals surface area contributed by atoms with E-state index in [4.69, 9.17) is 23.2 Å². The number of anilines is 1. The lowest BCUT2D eigenvalue weighted by molar-refractivity contribution is -0.140. The Kier molecular flexibility index (Phi) is 12.0. The summed E-state index contributed by atoms with van der Waals surface area (Å²) in [7, 11) is -4.21. The average molecular weight is 667 g/mol. The van der Waals surface area contributed by atoms with Crippen LogP contribution in [0.2, 0.25) is 10.0 Å². The first kappa shape index (κ1) is 34.0. The number of aryl methyl sites for hydroxylation is 1. The van der Waals surface area contributed by atoms with E-state index in [1.54, 1.807) is 54.6 Å². The Morgan fingerprint density at radius 3 is 2.16 bits per heavy atom. The average Bonchev–Trinajstić information content (AvgIpc) is 3.03. The number of carbonyl (C=O) groups is 2. The highest BCUT2D eigenvalue weighted by Crippen LogP contribution is 2.27. The molecule has 45 heavy (non-hydrogen) atoms. The second kappa shape index (κ2) is 15.9. The molecule has 10 heteroatoms. The Morgan fingerprint density at radius 1 is 0.822 bits per heavy atom. The van der Waals surface area contributed by atoms with Crippen molar-refractivity contribution in [2.75, 3.05) is 17.4 Å². The molecule has 0 bridgehead atoms. The van der Waals surface area contributed by atoms with E-state index in [9.17, 15) is 18.0 Å². The number of benzene rings is 4. The standard InChI is InChI=1S/C35H37Cl2N3O4S/c1-3-4-21-38-35(42)33(22-27-9-6-5-7-10-27)39(24-28-15-17-29(36)18-16-28)34(41)25-40(31-12-8-11-30(37)23-31)45(43,44)32-19-13-26(2)14-20-32/h5-20,23,33H,3-4,21-22,24-25H2,1-2H3,(H,38,42)/t33-/m1/s1. The van der Waals surface area contributed by atoms with Gasteiger partial charge in [-0.15, -0.1) is 0 Å². The lowest BCUT2D eigenvalue weighted by atomic mass is 10.0. The Morgan fingerprint density at radius 2 is 1.51 bits per heavy atom. The lowest BCUT2D eigenvalue weighted by Crippen LogP contribution is -2.53. The van der Waals surface area contributed by atoms with Crippen LogP contribution in [0.3, 0.4) is 0 Å². The maximum atomic E-state index is 14.5. The molecule has 0 radical (unpaired) electrons. The predicted molar refractivity (Wildman–Crippen MR) is 181 cm³/mol. The fraction of sp³-hybridized carbons (Fsp3) is 0.257. The Labute approximate surface area is 275 Å². The van der Waals surface area contributed by atoms with Gasteiger partial charge in [-0.25, -0.2) is 8.42 Å². The zero-order chi connectivity index (χ0) is 32.4. The first-order chi connectivity index (χ1) is 21.6. The molecule has 0 aliphatic rings. The van der Waals surface area contributed by atoms with Gasteiger partial charge in [0.15, 0.2) is 0 Å². The first-order valence-electron chi connectivity index (χ1n) is 14.8. The van der Waals surface area contributed by atoms with Gasteiger partial charge in [-0.3, -0.25) is 13.9 Å². The fourth-order valence-corrected chi connectivity index (χ4v) is 6.56. The van der Waals surface area contributed by atoms with E-state index in [2.05, 4.69) is 5.32 Å². The number of carbonyl (C=O) groups excluding carboxylic acids is 2. The second-order valence-corrected chi connectivity index (χ2v) is 13.5. The van der Waals surface area contributed by atoms with Gasteiger partial charge in [0.2, 0.25) is 11.8 Å². The van der Waals surface area contributed by atoms with Crippen molar-refractivity contribution < 1.29 is 18.0 Å². The number of nitrogens with one attached hydrogen (secondary N) is 1. The fourth-order valence-electron chi connectivity index (χ4n) is 4.84. The highest BCUT2D eigenvalue weighted by molar-refractivity contribution is 7.92. The number of amides is 2. The van der Waals surface area contributed by atoms with Crippen LogP contribution < -0.4 is 9.62 Å². The molecule has 0 heterocycles. The number of unbranched alkanes of at least 4 members (excludes halogenated alkanes) is 1. The number of nitrogens with zero attached hydrogens (tertiary/aromatic N) is 2. The van der Waals surface area contributed by atoms with Crippen LogP contribution in [-0.2, 0) is 32.6 Å². The largest absolute Gasteiger partial charge is 0.354 e. The summed E-state index contributed by atoms with van der Waals surface area (Å²) in [5.74, 6) is -0.863. The van der Waals surface area contributed by atoms with Crippen LogP contribution in [-0.4, -0.2) is 44.3 Å². The number of hydrogen-bond acceptors (Lipinski definition) is 4. The number of halogens is 2. The van der Waals surface area contributed by atoms with Crippen LogP contribution in [0, 0.1) is 6.92 Å². The van der Waals surface area contributed by atoms with E-state index < -0.39 is 28.5 Å². The Hall–Kier alpha value is -3.85. The number of rotatable bonds is 14. The van der Waals surface area contributed by atoms with E-state index in [-0.39, 0.29) is 29.5 Å². The van der Waals surface area contributed by atoms with Crippen LogP contribution in [0.15, 0.2) is 108 Å². The predicted octanol–water partition coefficient (Wildman–Crippen LogP) is 7.05. The summed E-state index contributed by atoms with van der Waals surface area (Å²) in [6.07, 6.45) is 1.91. The van der Waals surface area contributed by atoms with Gasteiger partial charge in [-0.05, 0) is 66.9 Å². The molecule has 4 aromatic carbocycles. The molecule has 0 fully saturated rings. The molecule has 2 amide bonds. The van der Waals surface area contributed by atoms with Gasteiger partial charge in [-0.1, -0.05) is 103 Å². The smallest absolute Gasteiger partial charge is 0.264 e. The summed E-state index contributed by atoms with van der Waals surface area (Å²) >= 11 is 12.4. The van der Waals surface area contributed by atoms with Crippen molar-refractivity contribution >= 4 is 50.7 Å². The van der Waals surface area contributed by atoms with Gasteiger partial charge in [-0.2, -0.15) is 0 Å². The van der Waals surface area contributed by atoms with Gasteiger partial charge in [0.05, 0.1) is 10.6 Å². The molecule has 0 spiro atoms. The van der Waals surface area contributed by atoms with Crippen molar-refractivity contribution in [3.05, 3.63) is 130 Å². The van der Waals surface area contributed by atoms with Crippen molar-refractivity contribution in [1.29, 1.82) is 0 Å². The van der Waals surface area contributed by atoms with Crippen molar-refractivity contribution in [2.45, 2.75) is 50.6 Å². The van der Waals surface area contributed by atoms with Crippen molar-refractivity contribution in [3.8, 4) is 0 Å². The van der Waals surface area contributed by atoms with E-state index in [0.29, 0.717) is 16.6 Å². The van der Waals surface area contributed by atoms with Crippen molar-refractivity contribution in [1.82, 2.24) is 10.2 Å². The first-order valence-corrected chi connectivity index (χ1v) is 17.0. The summed E-state index contributed by atoms with van der Waals surface area (Å²) in [5, 5.41) is 3.84. The minimum Gasteiger partial charge on any atom is -0.354 e. The van der Waals surface area contributed by atoms with E-state index in [1.807, 2.05) is 44.2 Å². The molecule has 0 aliphatic heterocycles. The molecule has 0 unspecified atom stereocenters. The molecule has 4 rings (SSSR count). The molecular formula is C35H37Cl2N3O4S. The molecule has 7 nitrogen and oxygen atoms in total. The molecule has 0 aromatic heterocycles. The van der Waals surface area contributed by atoms with Gasteiger partial charge in [0.1, 0.15) is 12.6 Å². The summed E-state index contributed by atoms with van der Waals surface area (Å²) in [5.41, 5.74) is 2.73. The molecule has 1 N–H and O–H groups in total. The monoisotopic (exact) mass is 665 g/mol. The van der Waals surface area contributed by atoms with E-state index in [1.165, 1.54) is 23.1 Å². The quantitative estimate of drug-likeness (QED) is 0.146. The molecule has 236 valence electrons. The molecule has 0 aliphatic carbocycles. The summed E-state index contributed by atoms with van der Waals surface area (Å²) in [6.45, 7) is 3.85. The molecular weight excluding hydrogens is 629 g/mol. The van der Waals surface area contributed by atoms with Gasteiger partial charge < -0.3 is 10.2 Å². The molecule has 4 aromatic rings. The van der Waals surface area contributed by atoms with Gasteiger partial charge >= 0.3 is 0 Å². The molecule has 1 atom stereocenters. The Balaban J connectivity index is 1.78. The maximum Gasteiger partial charge on any atom is 0.264 e. The summed E-state index contributed by atoms with van der Waals surface area (Å²) in [6, 6.07) is 28.3. The minimum absolute atomic E-state index is 0.0308. The third-order valence-corrected chi connectivity index (χ3v) is 9.63. The highest BCUT2D eigenvalue weighted by atomic mass is 35.5. The zero-order valence-corrected chi connectivity index (χ0v) is 27.7. The summed E-state index contributed by atoms with van der Waals surface area (Å²) in [4.78, 5) is 29.7. The Bertz CT molecular complexity index is 1680. The lowest BCUT2D eigenvalue weighted by Gasteiger charge is -2.34. The van der Waals surface area contributed by atoms with Crippen LogP contribution in [0.4, 0.5) is 5.69 Å². The maximum absolute atomic E-state index is 14.5. The van der Waals surface area contributed by atoms with E-state index >= 15 is 0 Å². The van der Waals surface area contributed by atoms with Crippen molar-refractivity contribution in [3.63, 3.8) is 0 Å². The van der Waals surface area contributed by atoms with Crippen LogP contribution >= 0.6 is 23.2 Å². The topological polar surface area (TPSA) is 86.8 Å². The SMILES string of the molecule is CCCCNC(=O)[C@@H](Cc1ccccc1)N(Cc1ccc(Cl)cc1)C(=O)CN(c1cccc(Cl)c1)S(=O)(=O)c1ccc(C)cc1. The van der Waals surface area contributed by atoms with Crippen LogP contribution in [0.1, 0.15) is 36.5 Å². The normalized spacial score (nSPS) is 11.9. The second-order valence-electron chi connectivity index (χ2n) is 10.8. The van der Waals surface area contributed by atoms with Crippen LogP contribution in [0.25, 0.3) is 0 Å². The van der Waals surface area contributed by atoms with Crippen molar-refractivity contribution in [2.24, 2.45) is 0 Å².